The largest absolute Gasteiger partial charge is 0.320 e. The van der Waals surface area contributed by atoms with E-state index in [2.05, 4.69) is 5.32 Å². The van der Waals surface area contributed by atoms with Gasteiger partial charge in [0, 0.05) is 12.1 Å². The van der Waals surface area contributed by atoms with Crippen molar-refractivity contribution in [2.45, 2.75) is 0 Å². The number of hydrogen-bond donors (Lipinski definition) is 1. The number of hydrogen-bond acceptors (Lipinski definition) is 1. The Morgan fingerprint density at radius 1 is 0.957 bits per heavy atom. The summed E-state index contributed by atoms with van der Waals surface area (Å²) < 4.78 is 26.3. The average Bonchev–Trinajstić information content (AvgIpc) is 2.55. The number of rotatable bonds is 3. The second kappa shape index (κ2) is 6.40. The molecule has 0 unspecified atom stereocenters. The number of carbonyl (C=O) groups is 1. The van der Waals surface area contributed by atoms with Crippen LogP contribution < -0.4 is 5.32 Å². The highest BCUT2D eigenvalue weighted by molar-refractivity contribution is 6.03. The Bertz CT molecular complexity index is 898. The third-order valence-electron chi connectivity index (χ3n) is 3.43. The van der Waals surface area contributed by atoms with Crippen LogP contribution in [0, 0.1) is 11.6 Å². The van der Waals surface area contributed by atoms with Crippen LogP contribution in [0.25, 0.3) is 16.8 Å². The molecule has 0 bridgehead atoms. The molecule has 0 aromatic heterocycles. The number of amides is 1. The Hall–Kier alpha value is -3.01. The van der Waals surface area contributed by atoms with Crippen LogP contribution in [0.1, 0.15) is 5.56 Å². The van der Waals surface area contributed by atoms with Crippen LogP contribution in [0.15, 0.2) is 66.7 Å². The van der Waals surface area contributed by atoms with E-state index in [9.17, 15) is 13.6 Å². The van der Waals surface area contributed by atoms with Gasteiger partial charge in [0.15, 0.2) is 0 Å². The molecule has 0 heterocycles. The summed E-state index contributed by atoms with van der Waals surface area (Å²) in [7, 11) is 0. The number of carbonyl (C=O) groups excluding carboxylic acids is 1. The van der Waals surface area contributed by atoms with Gasteiger partial charge in [-0.05, 0) is 34.5 Å². The maximum atomic E-state index is 13.5. The first-order valence-electron chi connectivity index (χ1n) is 7.05. The van der Waals surface area contributed by atoms with Crippen molar-refractivity contribution in [3.8, 4) is 0 Å². The lowest BCUT2D eigenvalue weighted by Crippen LogP contribution is -2.09. The number of anilines is 1. The average molecular weight is 309 g/mol. The van der Waals surface area contributed by atoms with Crippen LogP contribution in [-0.2, 0) is 4.79 Å². The van der Waals surface area contributed by atoms with E-state index in [0.717, 1.165) is 28.5 Å². The Kier molecular flexibility index (Phi) is 4.15. The SMILES string of the molecule is O=C(/C=C/c1cccc2ccccc12)Nc1ccc(F)cc1F. The molecule has 0 atom stereocenters. The molecule has 0 aliphatic rings. The third-order valence-corrected chi connectivity index (χ3v) is 3.43. The standard InChI is InChI=1S/C19H13F2NO/c20-15-9-10-18(17(21)12-15)22-19(23)11-8-14-6-3-5-13-4-1-2-7-16(13)14/h1-12H,(H,22,23)/b11-8+. The molecule has 2 nitrogen and oxygen atoms in total. The molecule has 0 radical (unpaired) electrons. The van der Waals surface area contributed by atoms with Crippen LogP contribution in [0.4, 0.5) is 14.5 Å². The fourth-order valence-corrected chi connectivity index (χ4v) is 2.33. The van der Waals surface area contributed by atoms with Crippen LogP contribution in [-0.4, -0.2) is 5.91 Å². The number of benzene rings is 3. The summed E-state index contributed by atoms with van der Waals surface area (Å²) >= 11 is 0. The Labute approximate surface area is 132 Å². The monoisotopic (exact) mass is 309 g/mol. The van der Waals surface area contributed by atoms with E-state index in [-0.39, 0.29) is 5.69 Å². The quantitative estimate of drug-likeness (QED) is 0.694. The summed E-state index contributed by atoms with van der Waals surface area (Å²) in [4.78, 5) is 11.9. The first kappa shape index (κ1) is 14.9. The molecule has 4 heteroatoms. The Morgan fingerprint density at radius 2 is 1.74 bits per heavy atom. The van der Waals surface area contributed by atoms with Gasteiger partial charge in [-0.2, -0.15) is 0 Å². The van der Waals surface area contributed by atoms with Gasteiger partial charge in [0.1, 0.15) is 11.6 Å². The van der Waals surface area contributed by atoms with Gasteiger partial charge in [0.05, 0.1) is 5.69 Å². The highest BCUT2D eigenvalue weighted by Gasteiger charge is 2.06. The zero-order chi connectivity index (χ0) is 16.2. The fraction of sp³-hybridized carbons (Fsp3) is 0. The molecule has 0 spiro atoms. The zero-order valence-electron chi connectivity index (χ0n) is 12.1. The third kappa shape index (κ3) is 3.43. The maximum Gasteiger partial charge on any atom is 0.248 e. The molecule has 0 saturated carbocycles. The molecule has 1 N–H and O–H groups in total. The first-order valence-corrected chi connectivity index (χ1v) is 7.05. The molecule has 23 heavy (non-hydrogen) atoms. The highest BCUT2D eigenvalue weighted by atomic mass is 19.1. The van der Waals surface area contributed by atoms with Crippen molar-refractivity contribution in [1.82, 2.24) is 0 Å². The van der Waals surface area contributed by atoms with E-state index in [1.807, 2.05) is 42.5 Å². The van der Waals surface area contributed by atoms with E-state index in [1.54, 1.807) is 6.08 Å². The van der Waals surface area contributed by atoms with Gasteiger partial charge in [0.25, 0.3) is 0 Å². The smallest absolute Gasteiger partial charge is 0.248 e. The maximum absolute atomic E-state index is 13.5. The zero-order valence-corrected chi connectivity index (χ0v) is 12.1. The van der Waals surface area contributed by atoms with E-state index in [1.165, 1.54) is 12.1 Å². The highest BCUT2D eigenvalue weighted by Crippen LogP contribution is 2.20. The Balaban J connectivity index is 1.80. The van der Waals surface area contributed by atoms with Crippen LogP contribution in [0.2, 0.25) is 0 Å². The predicted octanol–water partition coefficient (Wildman–Crippen LogP) is 4.77. The molecular weight excluding hydrogens is 296 g/mol. The molecule has 0 saturated heterocycles. The van der Waals surface area contributed by atoms with Crippen molar-refractivity contribution < 1.29 is 13.6 Å². The van der Waals surface area contributed by atoms with Crippen molar-refractivity contribution in [1.29, 1.82) is 0 Å². The van der Waals surface area contributed by atoms with E-state index < -0.39 is 17.5 Å². The topological polar surface area (TPSA) is 29.1 Å². The summed E-state index contributed by atoms with van der Waals surface area (Å²) in [6.07, 6.45) is 2.99. The molecule has 0 fully saturated rings. The first-order chi connectivity index (χ1) is 11.1. The van der Waals surface area contributed by atoms with E-state index in [0.29, 0.717) is 0 Å². The normalized spacial score (nSPS) is 11.0. The van der Waals surface area contributed by atoms with E-state index >= 15 is 0 Å². The van der Waals surface area contributed by atoms with Crippen molar-refractivity contribution in [3.05, 3.63) is 83.9 Å². The minimum atomic E-state index is -0.808. The molecule has 1 amide bonds. The summed E-state index contributed by atoms with van der Waals surface area (Å²) in [6.45, 7) is 0. The molecule has 3 aromatic rings. The minimum absolute atomic E-state index is 0.0565. The summed E-state index contributed by atoms with van der Waals surface area (Å²) in [5.41, 5.74) is 0.830. The molecule has 0 aliphatic carbocycles. The van der Waals surface area contributed by atoms with Gasteiger partial charge in [-0.15, -0.1) is 0 Å². The van der Waals surface area contributed by atoms with E-state index in [4.69, 9.17) is 0 Å². The molecule has 3 aromatic carbocycles. The van der Waals surface area contributed by atoms with Crippen molar-refractivity contribution in [3.63, 3.8) is 0 Å². The number of nitrogens with one attached hydrogen (secondary N) is 1. The van der Waals surface area contributed by atoms with Gasteiger partial charge >= 0.3 is 0 Å². The van der Waals surface area contributed by atoms with Gasteiger partial charge in [0.2, 0.25) is 5.91 Å². The van der Waals surface area contributed by atoms with Crippen LogP contribution in [0.5, 0.6) is 0 Å². The minimum Gasteiger partial charge on any atom is -0.320 e. The van der Waals surface area contributed by atoms with Gasteiger partial charge < -0.3 is 5.32 Å². The van der Waals surface area contributed by atoms with Crippen molar-refractivity contribution in [2.75, 3.05) is 5.32 Å². The molecule has 114 valence electrons. The molecule has 3 rings (SSSR count). The summed E-state index contributed by atoms with van der Waals surface area (Å²) in [5.74, 6) is -1.98. The molecule has 0 aliphatic heterocycles. The second-order valence-electron chi connectivity index (χ2n) is 5.02. The van der Waals surface area contributed by atoms with Crippen molar-refractivity contribution >= 4 is 28.4 Å². The Morgan fingerprint density at radius 3 is 2.57 bits per heavy atom. The lowest BCUT2D eigenvalue weighted by Gasteiger charge is -2.04. The van der Waals surface area contributed by atoms with Crippen LogP contribution in [0.3, 0.4) is 0 Å². The summed E-state index contributed by atoms with van der Waals surface area (Å²) in [5, 5.41) is 4.48. The van der Waals surface area contributed by atoms with Gasteiger partial charge in [-0.1, -0.05) is 42.5 Å². The lowest BCUT2D eigenvalue weighted by atomic mass is 10.0. The fourth-order valence-electron chi connectivity index (χ4n) is 2.33. The lowest BCUT2D eigenvalue weighted by molar-refractivity contribution is -0.111. The van der Waals surface area contributed by atoms with Gasteiger partial charge in [-0.3, -0.25) is 4.79 Å². The number of fused-ring (bicyclic) bond motifs is 1. The van der Waals surface area contributed by atoms with Crippen molar-refractivity contribution in [2.24, 2.45) is 0 Å². The molecular formula is C19H13F2NO. The van der Waals surface area contributed by atoms with Gasteiger partial charge in [-0.25, -0.2) is 8.78 Å². The second-order valence-corrected chi connectivity index (χ2v) is 5.02. The summed E-state index contributed by atoms with van der Waals surface area (Å²) in [6, 6.07) is 16.6. The van der Waals surface area contributed by atoms with Crippen LogP contribution >= 0.6 is 0 Å². The predicted molar refractivity (Wildman–Crippen MR) is 88.0 cm³/mol. The number of halogens is 2.